The van der Waals surface area contributed by atoms with E-state index in [9.17, 15) is 4.79 Å². The Bertz CT molecular complexity index is 671. The van der Waals surface area contributed by atoms with Crippen molar-refractivity contribution >= 4 is 11.6 Å². The highest BCUT2D eigenvalue weighted by Crippen LogP contribution is 2.30. The fourth-order valence-electron chi connectivity index (χ4n) is 3.45. The third kappa shape index (κ3) is 4.90. The zero-order valence-corrected chi connectivity index (χ0v) is 14.7. The van der Waals surface area contributed by atoms with Crippen molar-refractivity contribution in [1.29, 1.82) is 0 Å². The first-order valence-electron chi connectivity index (χ1n) is 8.84. The minimum absolute atomic E-state index is 0.0541. The van der Waals surface area contributed by atoms with Crippen LogP contribution in [0.15, 0.2) is 36.5 Å². The maximum absolute atomic E-state index is 11.8. The van der Waals surface area contributed by atoms with Crippen LogP contribution in [0.25, 0.3) is 0 Å². The lowest BCUT2D eigenvalue weighted by atomic mass is 9.93. The van der Waals surface area contributed by atoms with Crippen LogP contribution in [0.5, 0.6) is 0 Å². The fourth-order valence-corrected chi connectivity index (χ4v) is 3.45. The van der Waals surface area contributed by atoms with Crippen LogP contribution < -0.4 is 5.32 Å². The van der Waals surface area contributed by atoms with Gasteiger partial charge in [0.15, 0.2) is 0 Å². The van der Waals surface area contributed by atoms with Crippen LogP contribution in [0.2, 0.25) is 0 Å². The average Bonchev–Trinajstić information content (AvgIpc) is 3.09. The number of anilines is 1. The van der Waals surface area contributed by atoms with Gasteiger partial charge >= 0.3 is 0 Å². The Balaban J connectivity index is 1.58. The molecule has 2 heterocycles. The second-order valence-electron chi connectivity index (χ2n) is 6.55. The Morgan fingerprint density at radius 3 is 3.04 bits per heavy atom. The highest BCUT2D eigenvalue weighted by atomic mass is 16.5. The molecule has 25 heavy (non-hydrogen) atoms. The van der Waals surface area contributed by atoms with Crippen molar-refractivity contribution in [2.45, 2.75) is 25.2 Å². The lowest BCUT2D eigenvalue weighted by molar-refractivity contribution is -0.119. The molecule has 1 aromatic heterocycles. The topological polar surface area (TPSA) is 70.2 Å². The number of H-pyrrole nitrogens is 1. The van der Waals surface area contributed by atoms with Crippen LogP contribution in [0.1, 0.15) is 30.0 Å². The summed E-state index contributed by atoms with van der Waals surface area (Å²) in [6.45, 7) is 3.23. The zero-order valence-electron chi connectivity index (χ0n) is 14.7. The predicted molar refractivity (Wildman–Crippen MR) is 97.7 cm³/mol. The van der Waals surface area contributed by atoms with E-state index in [2.05, 4.69) is 50.7 Å². The van der Waals surface area contributed by atoms with Gasteiger partial charge in [0.05, 0.1) is 17.6 Å². The predicted octanol–water partition coefficient (Wildman–Crippen LogP) is 2.42. The zero-order chi connectivity index (χ0) is 17.5. The van der Waals surface area contributed by atoms with Gasteiger partial charge in [-0.05, 0) is 31.4 Å². The molecule has 1 aromatic carbocycles. The maximum atomic E-state index is 11.8. The molecule has 1 atom stereocenters. The van der Waals surface area contributed by atoms with Crippen LogP contribution in [-0.4, -0.2) is 54.4 Å². The highest BCUT2D eigenvalue weighted by Gasteiger charge is 2.25. The number of hydrogen-bond acceptors (Lipinski definition) is 4. The van der Waals surface area contributed by atoms with Crippen molar-refractivity contribution in [1.82, 2.24) is 15.1 Å². The summed E-state index contributed by atoms with van der Waals surface area (Å²) in [5, 5.41) is 10.1. The largest absolute Gasteiger partial charge is 0.375 e. The Labute approximate surface area is 148 Å². The number of carbonyl (C=O) groups excluding carboxylic acids is 1. The molecule has 3 rings (SSSR count). The Kier molecular flexibility index (Phi) is 6.19. The van der Waals surface area contributed by atoms with Gasteiger partial charge in [0.1, 0.15) is 6.61 Å². The van der Waals surface area contributed by atoms with E-state index in [1.165, 1.54) is 12.7 Å². The minimum atomic E-state index is -0.151. The van der Waals surface area contributed by atoms with Crippen molar-refractivity contribution in [2.75, 3.05) is 38.7 Å². The molecule has 0 aliphatic carbocycles. The van der Waals surface area contributed by atoms with E-state index < -0.39 is 0 Å². The first kappa shape index (κ1) is 17.6. The number of carbonyl (C=O) groups is 1. The second-order valence-corrected chi connectivity index (χ2v) is 6.55. The van der Waals surface area contributed by atoms with Gasteiger partial charge in [0.2, 0.25) is 5.91 Å². The Morgan fingerprint density at radius 2 is 2.24 bits per heavy atom. The second kappa shape index (κ2) is 8.78. The van der Waals surface area contributed by atoms with Crippen molar-refractivity contribution < 1.29 is 9.53 Å². The molecule has 2 N–H and O–H groups in total. The van der Waals surface area contributed by atoms with Gasteiger partial charge < -0.3 is 15.0 Å². The van der Waals surface area contributed by atoms with Crippen LogP contribution in [0, 0.1) is 0 Å². The summed E-state index contributed by atoms with van der Waals surface area (Å²) < 4.78 is 4.88. The van der Waals surface area contributed by atoms with E-state index in [4.69, 9.17) is 4.74 Å². The maximum Gasteiger partial charge on any atom is 0.250 e. The fraction of sp³-hybridized carbons (Fsp3) is 0.474. The lowest BCUT2D eigenvalue weighted by Gasteiger charge is -2.32. The number of methoxy groups -OCH3 is 1. The summed E-state index contributed by atoms with van der Waals surface area (Å²) in [6.07, 6.45) is 5.01. The van der Waals surface area contributed by atoms with Gasteiger partial charge in [-0.1, -0.05) is 30.3 Å². The number of nitrogens with zero attached hydrogens (tertiary/aromatic N) is 2. The molecule has 2 aromatic rings. The number of aromatic nitrogens is 2. The molecular weight excluding hydrogens is 316 g/mol. The first-order chi connectivity index (χ1) is 12.3. The van der Waals surface area contributed by atoms with Gasteiger partial charge in [-0.3, -0.25) is 9.89 Å². The highest BCUT2D eigenvalue weighted by molar-refractivity contribution is 5.92. The van der Waals surface area contributed by atoms with E-state index in [1.807, 2.05) is 0 Å². The van der Waals surface area contributed by atoms with E-state index in [0.29, 0.717) is 5.92 Å². The molecule has 1 saturated heterocycles. The minimum Gasteiger partial charge on any atom is -0.375 e. The first-order valence-corrected chi connectivity index (χ1v) is 8.84. The molecule has 0 unspecified atom stereocenters. The number of likely N-dealkylation sites (tertiary alicyclic amines) is 1. The molecule has 0 saturated carbocycles. The Hall–Kier alpha value is -2.18. The number of ether oxygens (including phenoxy) is 1. The van der Waals surface area contributed by atoms with Crippen LogP contribution >= 0.6 is 0 Å². The number of piperidine rings is 1. The van der Waals surface area contributed by atoms with Crippen molar-refractivity contribution in [3.05, 3.63) is 47.8 Å². The van der Waals surface area contributed by atoms with Gasteiger partial charge in [0.25, 0.3) is 0 Å². The number of aromatic amines is 1. The summed E-state index contributed by atoms with van der Waals surface area (Å²) in [7, 11) is 1.52. The number of benzene rings is 1. The summed E-state index contributed by atoms with van der Waals surface area (Å²) in [6, 6.07) is 10.6. The Morgan fingerprint density at radius 1 is 1.40 bits per heavy atom. The summed E-state index contributed by atoms with van der Waals surface area (Å²) >= 11 is 0. The normalized spacial score (nSPS) is 18.2. The monoisotopic (exact) mass is 342 g/mol. The molecule has 0 spiro atoms. The third-order valence-corrected chi connectivity index (χ3v) is 4.69. The molecule has 134 valence electrons. The van der Waals surface area contributed by atoms with Gasteiger partial charge in [0, 0.05) is 26.1 Å². The quantitative estimate of drug-likeness (QED) is 0.811. The molecular formula is C19H26N4O2. The van der Waals surface area contributed by atoms with Gasteiger partial charge in [-0.25, -0.2) is 0 Å². The van der Waals surface area contributed by atoms with Gasteiger partial charge in [-0.2, -0.15) is 5.10 Å². The number of nitrogens with one attached hydrogen (secondary N) is 2. The van der Waals surface area contributed by atoms with Crippen LogP contribution in [0.3, 0.4) is 0 Å². The molecule has 1 fully saturated rings. The van der Waals surface area contributed by atoms with E-state index in [-0.39, 0.29) is 12.5 Å². The van der Waals surface area contributed by atoms with Crippen LogP contribution in [0.4, 0.5) is 5.69 Å². The third-order valence-electron chi connectivity index (χ3n) is 4.69. The number of rotatable bonds is 7. The molecule has 6 nitrogen and oxygen atoms in total. The summed E-state index contributed by atoms with van der Waals surface area (Å²) in [5.41, 5.74) is 3.17. The van der Waals surface area contributed by atoms with Gasteiger partial charge in [-0.15, -0.1) is 0 Å². The molecule has 0 bridgehead atoms. The molecule has 1 aliphatic rings. The lowest BCUT2D eigenvalue weighted by Crippen LogP contribution is -2.36. The van der Waals surface area contributed by atoms with Crippen molar-refractivity contribution in [3.8, 4) is 0 Å². The van der Waals surface area contributed by atoms with E-state index in [1.54, 1.807) is 6.20 Å². The summed E-state index contributed by atoms with van der Waals surface area (Å²) in [4.78, 5) is 14.3. The van der Waals surface area contributed by atoms with E-state index >= 15 is 0 Å². The SMILES string of the molecule is COCC(=O)Nc1cn[nH]c1[C@H]1CCCN(CCc2ccccc2)C1. The van der Waals surface area contributed by atoms with Crippen molar-refractivity contribution in [2.24, 2.45) is 0 Å². The smallest absolute Gasteiger partial charge is 0.250 e. The number of hydrogen-bond donors (Lipinski definition) is 2. The van der Waals surface area contributed by atoms with Crippen LogP contribution in [-0.2, 0) is 16.0 Å². The summed E-state index contributed by atoms with van der Waals surface area (Å²) in [5.74, 6) is 0.215. The van der Waals surface area contributed by atoms with Crippen molar-refractivity contribution in [3.63, 3.8) is 0 Å². The van der Waals surface area contributed by atoms with E-state index in [0.717, 1.165) is 50.3 Å². The average molecular weight is 342 g/mol. The molecule has 1 aliphatic heterocycles. The number of amides is 1. The molecule has 6 heteroatoms. The molecule has 0 radical (unpaired) electrons. The molecule has 1 amide bonds. The standard InChI is InChI=1S/C19H26N4O2/c1-25-14-18(24)21-17-12-20-22-19(17)16-8-5-10-23(13-16)11-9-15-6-3-2-4-7-15/h2-4,6-7,12,16H,5,8-11,13-14H2,1H3,(H,20,22)(H,21,24)/t16-/m0/s1.